The van der Waals surface area contributed by atoms with Crippen LogP contribution in [0.4, 0.5) is 18.9 Å². The molecule has 7 heteroatoms. The van der Waals surface area contributed by atoms with Crippen LogP contribution < -0.4 is 5.32 Å². The Bertz CT molecular complexity index is 423. The van der Waals surface area contributed by atoms with Crippen molar-refractivity contribution in [3.8, 4) is 0 Å². The summed E-state index contributed by atoms with van der Waals surface area (Å²) in [5.74, 6) is -0.527. The number of halogens is 5. The van der Waals surface area contributed by atoms with Crippen LogP contribution in [0.5, 0.6) is 0 Å². The van der Waals surface area contributed by atoms with E-state index in [1.807, 2.05) is 0 Å². The van der Waals surface area contributed by atoms with Gasteiger partial charge in [0.25, 0.3) is 0 Å². The van der Waals surface area contributed by atoms with Gasteiger partial charge < -0.3 is 5.32 Å². The number of benzene rings is 1. The molecule has 2 nitrogen and oxygen atoms in total. The molecule has 1 N–H and O–H groups in total. The van der Waals surface area contributed by atoms with E-state index >= 15 is 0 Å². The summed E-state index contributed by atoms with van der Waals surface area (Å²) in [6.45, 7) is 0. The summed E-state index contributed by atoms with van der Waals surface area (Å²) >= 11 is 8.68. The Hall–Kier alpha value is -0.750. The lowest BCUT2D eigenvalue weighted by Crippen LogP contribution is -2.17. The number of alkyl halides is 4. The Morgan fingerprint density at radius 1 is 1.41 bits per heavy atom. The average molecular weight is 331 g/mol. The van der Waals surface area contributed by atoms with Crippen molar-refractivity contribution in [1.82, 2.24) is 0 Å². The Morgan fingerprint density at radius 3 is 2.59 bits per heavy atom. The van der Waals surface area contributed by atoms with Gasteiger partial charge in [-0.15, -0.1) is 0 Å². The Morgan fingerprint density at radius 2 is 2.06 bits per heavy atom. The second-order valence-corrected chi connectivity index (χ2v) is 4.35. The smallest absolute Gasteiger partial charge is 0.324 e. The molecule has 0 saturated carbocycles. The van der Waals surface area contributed by atoms with E-state index < -0.39 is 23.3 Å². The molecule has 0 aliphatic rings. The van der Waals surface area contributed by atoms with Crippen LogP contribution in [-0.2, 0) is 11.0 Å². The van der Waals surface area contributed by atoms with Crippen molar-refractivity contribution in [3.05, 3.63) is 28.8 Å². The van der Waals surface area contributed by atoms with E-state index in [1.165, 1.54) is 12.1 Å². The molecule has 0 aliphatic heterocycles. The van der Waals surface area contributed by atoms with Crippen LogP contribution in [-0.4, -0.2) is 11.2 Å². The second-order valence-electron chi connectivity index (χ2n) is 3.15. The normalized spacial score (nSPS) is 11.4. The molecule has 0 bridgehead atoms. The summed E-state index contributed by atoms with van der Waals surface area (Å²) in [5.41, 5.74) is -1.35. The van der Waals surface area contributed by atoms with Gasteiger partial charge in [-0.05, 0) is 12.1 Å². The first-order valence-electron chi connectivity index (χ1n) is 4.57. The molecule has 1 amide bonds. The Kier molecular flexibility index (Phi) is 4.82. The number of para-hydroxylation sites is 1. The zero-order chi connectivity index (χ0) is 13.1. The molecule has 0 heterocycles. The summed E-state index contributed by atoms with van der Waals surface area (Å²) < 4.78 is 37.9. The zero-order valence-electron chi connectivity index (χ0n) is 8.44. The molecule has 0 radical (unpaired) electrons. The van der Waals surface area contributed by atoms with Gasteiger partial charge in [-0.25, -0.2) is 0 Å². The molecule has 0 unspecified atom stereocenters. The second kappa shape index (κ2) is 5.73. The van der Waals surface area contributed by atoms with E-state index in [2.05, 4.69) is 21.2 Å². The lowest BCUT2D eigenvalue weighted by atomic mass is 10.1. The highest BCUT2D eigenvalue weighted by molar-refractivity contribution is 9.09. The van der Waals surface area contributed by atoms with Crippen molar-refractivity contribution in [2.24, 2.45) is 0 Å². The number of carbonyl (C=O) groups is 1. The fourth-order valence-electron chi connectivity index (χ4n) is 1.18. The van der Waals surface area contributed by atoms with Gasteiger partial charge >= 0.3 is 6.18 Å². The molecule has 1 aromatic rings. The lowest BCUT2D eigenvalue weighted by molar-refractivity contribution is -0.137. The predicted octanol–water partition coefficient (Wildman–Crippen LogP) is 4.08. The first kappa shape index (κ1) is 14.3. The van der Waals surface area contributed by atoms with E-state index in [-0.39, 0.29) is 11.4 Å². The third-order valence-electron chi connectivity index (χ3n) is 1.90. The van der Waals surface area contributed by atoms with Crippen molar-refractivity contribution in [2.45, 2.75) is 12.6 Å². The minimum absolute atomic E-state index is 0.0719. The van der Waals surface area contributed by atoms with Crippen LogP contribution in [0.3, 0.4) is 0 Å². The molecule has 17 heavy (non-hydrogen) atoms. The largest absolute Gasteiger partial charge is 0.418 e. The number of amides is 1. The van der Waals surface area contributed by atoms with Crippen molar-refractivity contribution in [1.29, 1.82) is 0 Å². The Balaban J connectivity index is 3.09. The maximum atomic E-state index is 12.6. The molecule has 0 aromatic heterocycles. The monoisotopic (exact) mass is 329 g/mol. The molecular formula is C10H8BrClF3NO. The van der Waals surface area contributed by atoms with Gasteiger partial charge in [-0.2, -0.15) is 13.2 Å². The number of nitrogens with one attached hydrogen (secondary N) is 1. The van der Waals surface area contributed by atoms with Crippen LogP contribution in [0.1, 0.15) is 12.0 Å². The molecule has 1 rings (SSSR count). The first-order valence-corrected chi connectivity index (χ1v) is 6.07. The van der Waals surface area contributed by atoms with Gasteiger partial charge in [0, 0.05) is 11.8 Å². The van der Waals surface area contributed by atoms with E-state index in [1.54, 1.807) is 0 Å². The molecule has 0 atom stereocenters. The van der Waals surface area contributed by atoms with Crippen molar-refractivity contribution < 1.29 is 18.0 Å². The third-order valence-corrected chi connectivity index (χ3v) is 2.62. The first-order chi connectivity index (χ1) is 7.86. The van der Waals surface area contributed by atoms with Crippen LogP contribution in [0.2, 0.25) is 5.02 Å². The average Bonchev–Trinajstić information content (AvgIpc) is 2.19. The van der Waals surface area contributed by atoms with Gasteiger partial charge in [0.05, 0.1) is 16.3 Å². The number of hydrogen-bond acceptors (Lipinski definition) is 1. The number of rotatable bonds is 3. The standard InChI is InChI=1S/C10H8BrClF3NO/c11-5-4-8(17)16-9-6(10(13,14)15)2-1-3-7(9)12/h1-3H,4-5H2,(H,16,17). The minimum Gasteiger partial charge on any atom is -0.324 e. The molecule has 0 saturated heterocycles. The summed E-state index contributed by atoms with van der Waals surface area (Å²) in [4.78, 5) is 11.3. The quantitative estimate of drug-likeness (QED) is 0.831. The summed E-state index contributed by atoms with van der Waals surface area (Å²) in [6.07, 6.45) is -4.48. The minimum atomic E-state index is -4.55. The molecule has 0 fully saturated rings. The SMILES string of the molecule is O=C(CCBr)Nc1c(Cl)cccc1C(F)(F)F. The van der Waals surface area contributed by atoms with Crippen molar-refractivity contribution in [2.75, 3.05) is 10.6 Å². The van der Waals surface area contributed by atoms with Gasteiger partial charge in [-0.3, -0.25) is 4.79 Å². The topological polar surface area (TPSA) is 29.1 Å². The lowest BCUT2D eigenvalue weighted by Gasteiger charge is -2.14. The maximum absolute atomic E-state index is 12.6. The predicted molar refractivity (Wildman–Crippen MR) is 63.5 cm³/mol. The van der Waals surface area contributed by atoms with E-state index in [9.17, 15) is 18.0 Å². The fraction of sp³-hybridized carbons (Fsp3) is 0.300. The summed E-state index contributed by atoms with van der Waals surface area (Å²) in [6, 6.07) is 3.35. The highest BCUT2D eigenvalue weighted by Gasteiger charge is 2.34. The molecule has 1 aromatic carbocycles. The van der Waals surface area contributed by atoms with Crippen LogP contribution >= 0.6 is 27.5 Å². The maximum Gasteiger partial charge on any atom is 0.418 e. The molecule has 0 aliphatic carbocycles. The zero-order valence-corrected chi connectivity index (χ0v) is 10.8. The third kappa shape index (κ3) is 3.89. The molecule has 0 spiro atoms. The van der Waals surface area contributed by atoms with Gasteiger partial charge in [-0.1, -0.05) is 33.6 Å². The highest BCUT2D eigenvalue weighted by atomic mass is 79.9. The summed E-state index contributed by atoms with van der Waals surface area (Å²) in [5, 5.41) is 2.39. The van der Waals surface area contributed by atoms with E-state index in [0.29, 0.717) is 5.33 Å². The summed E-state index contributed by atoms with van der Waals surface area (Å²) in [7, 11) is 0. The van der Waals surface area contributed by atoms with Crippen molar-refractivity contribution in [3.63, 3.8) is 0 Å². The van der Waals surface area contributed by atoms with Crippen LogP contribution in [0, 0.1) is 0 Å². The van der Waals surface area contributed by atoms with Gasteiger partial charge in [0.2, 0.25) is 5.91 Å². The van der Waals surface area contributed by atoms with Crippen LogP contribution in [0.25, 0.3) is 0 Å². The number of hydrogen-bond donors (Lipinski definition) is 1. The Labute approximate surface area is 109 Å². The fourth-order valence-corrected chi connectivity index (χ4v) is 1.76. The number of carbonyl (C=O) groups excluding carboxylic acids is 1. The number of anilines is 1. The molecule has 94 valence electrons. The highest BCUT2D eigenvalue weighted by Crippen LogP contribution is 2.38. The van der Waals surface area contributed by atoms with Crippen molar-refractivity contribution >= 4 is 39.1 Å². The molecular weight excluding hydrogens is 322 g/mol. The van der Waals surface area contributed by atoms with Crippen LogP contribution in [0.15, 0.2) is 18.2 Å². The van der Waals surface area contributed by atoms with Gasteiger partial charge in [0.15, 0.2) is 0 Å². The van der Waals surface area contributed by atoms with E-state index in [4.69, 9.17) is 11.6 Å². The van der Waals surface area contributed by atoms with Gasteiger partial charge in [0.1, 0.15) is 0 Å². The van der Waals surface area contributed by atoms with E-state index in [0.717, 1.165) is 6.07 Å².